The Kier molecular flexibility index (Phi) is 2.43. The van der Waals surface area contributed by atoms with Crippen LogP contribution in [0.3, 0.4) is 0 Å². The molecular formula is C9H8BrNO3. The highest BCUT2D eigenvalue weighted by atomic mass is 79.9. The highest BCUT2D eigenvalue weighted by Gasteiger charge is 2.22. The van der Waals surface area contributed by atoms with Crippen molar-refractivity contribution in [2.75, 3.05) is 13.3 Å². The number of halogens is 1. The summed E-state index contributed by atoms with van der Waals surface area (Å²) in [4.78, 5) is 11.4. The Hall–Kier alpha value is -1.07. The molecule has 0 aliphatic carbocycles. The monoisotopic (exact) mass is 257 g/mol. The molecule has 0 aromatic heterocycles. The summed E-state index contributed by atoms with van der Waals surface area (Å²) in [6.45, 7) is 0.114. The first-order chi connectivity index (χ1) is 6.72. The Bertz CT molecular complexity index is 392. The fourth-order valence-electron chi connectivity index (χ4n) is 1.29. The molecule has 0 saturated heterocycles. The number of fused-ring (bicyclic) bond motifs is 1. The van der Waals surface area contributed by atoms with Gasteiger partial charge in [0.15, 0.2) is 17.3 Å². The van der Waals surface area contributed by atoms with Crippen LogP contribution in [0.2, 0.25) is 0 Å². The molecule has 2 N–H and O–H groups in total. The van der Waals surface area contributed by atoms with E-state index < -0.39 is 0 Å². The second kappa shape index (κ2) is 3.59. The van der Waals surface area contributed by atoms with Gasteiger partial charge in [0.2, 0.25) is 6.79 Å². The molecule has 14 heavy (non-hydrogen) atoms. The Balaban J connectivity index is 2.54. The van der Waals surface area contributed by atoms with Gasteiger partial charge in [-0.25, -0.2) is 0 Å². The zero-order valence-corrected chi connectivity index (χ0v) is 8.83. The number of Topliss-reactive ketones (excluding diaryl/α,β-unsaturated/α-hetero) is 1. The molecule has 1 aliphatic rings. The number of benzene rings is 1. The van der Waals surface area contributed by atoms with Crippen LogP contribution in [0.1, 0.15) is 10.4 Å². The van der Waals surface area contributed by atoms with Crippen LogP contribution in [0.15, 0.2) is 16.6 Å². The first kappa shape index (κ1) is 9.48. The fraction of sp³-hybridized carbons (Fsp3) is 0.222. The van der Waals surface area contributed by atoms with Crippen LogP contribution in [0.4, 0.5) is 0 Å². The molecule has 1 aliphatic heterocycles. The van der Waals surface area contributed by atoms with Crippen LogP contribution in [0.25, 0.3) is 0 Å². The van der Waals surface area contributed by atoms with Crippen molar-refractivity contribution in [2.45, 2.75) is 0 Å². The summed E-state index contributed by atoms with van der Waals surface area (Å²) in [5, 5.41) is 0. The molecule has 0 fully saturated rings. The standard InChI is InChI=1S/C9H8BrNO3/c10-5-1-6(7(12)3-11)9-8(2-5)13-4-14-9/h1-2H,3-4,11H2. The molecular weight excluding hydrogens is 250 g/mol. The van der Waals surface area contributed by atoms with E-state index >= 15 is 0 Å². The van der Waals surface area contributed by atoms with Gasteiger partial charge in [-0.1, -0.05) is 15.9 Å². The van der Waals surface area contributed by atoms with Gasteiger partial charge in [0.05, 0.1) is 12.1 Å². The van der Waals surface area contributed by atoms with Gasteiger partial charge in [0, 0.05) is 4.47 Å². The van der Waals surface area contributed by atoms with Gasteiger partial charge >= 0.3 is 0 Å². The average molecular weight is 258 g/mol. The van der Waals surface area contributed by atoms with E-state index in [1.165, 1.54) is 0 Å². The summed E-state index contributed by atoms with van der Waals surface area (Å²) in [6.07, 6.45) is 0. The van der Waals surface area contributed by atoms with E-state index in [1.54, 1.807) is 12.1 Å². The summed E-state index contributed by atoms with van der Waals surface area (Å²) in [5.74, 6) is 0.910. The molecule has 0 saturated carbocycles. The summed E-state index contributed by atoms with van der Waals surface area (Å²) >= 11 is 3.28. The topological polar surface area (TPSA) is 61.6 Å². The summed E-state index contributed by atoms with van der Waals surface area (Å²) in [5.41, 5.74) is 5.75. The molecule has 1 aromatic rings. The van der Waals surface area contributed by atoms with E-state index in [9.17, 15) is 4.79 Å². The lowest BCUT2D eigenvalue weighted by Gasteiger charge is -2.03. The Labute approximate surface area is 89.1 Å². The molecule has 1 aromatic carbocycles. The average Bonchev–Trinajstić information content (AvgIpc) is 2.62. The zero-order chi connectivity index (χ0) is 10.1. The predicted octanol–water partition coefficient (Wildman–Crippen LogP) is 1.32. The lowest BCUT2D eigenvalue weighted by atomic mass is 10.1. The molecule has 4 nitrogen and oxygen atoms in total. The molecule has 0 unspecified atom stereocenters. The van der Waals surface area contributed by atoms with E-state index in [0.717, 1.165) is 4.47 Å². The molecule has 0 bridgehead atoms. The maximum Gasteiger partial charge on any atom is 0.231 e. The van der Waals surface area contributed by atoms with Gasteiger partial charge in [0.1, 0.15) is 0 Å². The van der Waals surface area contributed by atoms with Crippen molar-refractivity contribution in [3.05, 3.63) is 22.2 Å². The first-order valence-corrected chi connectivity index (χ1v) is 4.84. The molecule has 1 heterocycles. The van der Waals surface area contributed by atoms with E-state index in [1.807, 2.05) is 0 Å². The minimum atomic E-state index is -0.159. The van der Waals surface area contributed by atoms with Crippen molar-refractivity contribution in [1.82, 2.24) is 0 Å². The largest absolute Gasteiger partial charge is 0.454 e. The van der Waals surface area contributed by atoms with Crippen LogP contribution >= 0.6 is 15.9 Å². The third kappa shape index (κ3) is 1.49. The summed E-state index contributed by atoms with van der Waals surface area (Å²) < 4.78 is 11.1. The third-order valence-corrected chi connectivity index (χ3v) is 2.38. The molecule has 2 rings (SSSR count). The fourth-order valence-corrected chi connectivity index (χ4v) is 1.73. The first-order valence-electron chi connectivity index (χ1n) is 4.05. The number of carbonyl (C=O) groups excluding carboxylic acids is 1. The molecule has 0 amide bonds. The van der Waals surface area contributed by atoms with E-state index in [0.29, 0.717) is 17.1 Å². The number of ketones is 1. The minimum Gasteiger partial charge on any atom is -0.454 e. The Morgan fingerprint density at radius 2 is 2.29 bits per heavy atom. The number of rotatable bonds is 2. The number of hydrogen-bond donors (Lipinski definition) is 1. The van der Waals surface area contributed by atoms with Gasteiger partial charge in [-0.3, -0.25) is 4.79 Å². The minimum absolute atomic E-state index is 0.0355. The maximum atomic E-state index is 11.4. The molecule has 0 spiro atoms. The van der Waals surface area contributed by atoms with Crippen LogP contribution < -0.4 is 15.2 Å². The van der Waals surface area contributed by atoms with Crippen LogP contribution in [0.5, 0.6) is 11.5 Å². The predicted molar refractivity (Wildman–Crippen MR) is 53.6 cm³/mol. The van der Waals surface area contributed by atoms with Crippen LogP contribution in [-0.2, 0) is 0 Å². The van der Waals surface area contributed by atoms with E-state index in [2.05, 4.69) is 15.9 Å². The third-order valence-electron chi connectivity index (χ3n) is 1.92. The highest BCUT2D eigenvalue weighted by molar-refractivity contribution is 9.10. The number of nitrogens with two attached hydrogens (primary N) is 1. The summed E-state index contributed by atoms with van der Waals surface area (Å²) in [7, 11) is 0. The SMILES string of the molecule is NCC(=O)c1cc(Br)cc2c1OCO2. The number of carbonyl (C=O) groups is 1. The lowest BCUT2D eigenvalue weighted by molar-refractivity contribution is 0.0996. The van der Waals surface area contributed by atoms with Gasteiger partial charge in [-0.15, -0.1) is 0 Å². The van der Waals surface area contributed by atoms with Gasteiger partial charge in [0.25, 0.3) is 0 Å². The Morgan fingerprint density at radius 1 is 1.50 bits per heavy atom. The quantitative estimate of drug-likeness (QED) is 0.812. The van der Waals surface area contributed by atoms with E-state index in [4.69, 9.17) is 15.2 Å². The van der Waals surface area contributed by atoms with Crippen LogP contribution in [-0.4, -0.2) is 19.1 Å². The lowest BCUT2D eigenvalue weighted by Crippen LogP contribution is -2.14. The molecule has 5 heteroatoms. The van der Waals surface area contributed by atoms with Crippen LogP contribution in [0, 0.1) is 0 Å². The normalized spacial score (nSPS) is 13.0. The molecule has 0 radical (unpaired) electrons. The van der Waals surface area contributed by atoms with Crippen molar-refractivity contribution < 1.29 is 14.3 Å². The van der Waals surface area contributed by atoms with Crippen molar-refractivity contribution in [2.24, 2.45) is 5.73 Å². The van der Waals surface area contributed by atoms with Crippen molar-refractivity contribution >= 4 is 21.7 Å². The second-order valence-electron chi connectivity index (χ2n) is 2.81. The smallest absolute Gasteiger partial charge is 0.231 e. The number of hydrogen-bond acceptors (Lipinski definition) is 4. The van der Waals surface area contributed by atoms with Crippen molar-refractivity contribution in [3.63, 3.8) is 0 Å². The number of ether oxygens (including phenoxy) is 2. The van der Waals surface area contributed by atoms with Gasteiger partial charge in [-0.05, 0) is 12.1 Å². The molecule has 0 atom stereocenters. The maximum absolute atomic E-state index is 11.4. The zero-order valence-electron chi connectivity index (χ0n) is 7.25. The van der Waals surface area contributed by atoms with Crippen molar-refractivity contribution in [3.8, 4) is 11.5 Å². The highest BCUT2D eigenvalue weighted by Crippen LogP contribution is 2.38. The second-order valence-corrected chi connectivity index (χ2v) is 3.73. The molecule has 74 valence electrons. The Morgan fingerprint density at radius 3 is 3.00 bits per heavy atom. The van der Waals surface area contributed by atoms with Gasteiger partial charge in [-0.2, -0.15) is 0 Å². The van der Waals surface area contributed by atoms with Gasteiger partial charge < -0.3 is 15.2 Å². The summed E-state index contributed by atoms with van der Waals surface area (Å²) in [6, 6.07) is 3.44. The van der Waals surface area contributed by atoms with E-state index in [-0.39, 0.29) is 19.1 Å². The van der Waals surface area contributed by atoms with Crippen molar-refractivity contribution in [1.29, 1.82) is 0 Å².